The van der Waals surface area contributed by atoms with Crippen molar-refractivity contribution in [1.82, 2.24) is 0 Å². The van der Waals surface area contributed by atoms with Crippen LogP contribution in [0.25, 0.3) is 0 Å². The van der Waals surface area contributed by atoms with Crippen LogP contribution in [0.5, 0.6) is 0 Å². The summed E-state index contributed by atoms with van der Waals surface area (Å²) in [5.74, 6) is 0.452. The number of hydrogen-bond donors (Lipinski definition) is 1. The lowest BCUT2D eigenvalue weighted by atomic mass is 10.0. The van der Waals surface area contributed by atoms with Crippen molar-refractivity contribution in [1.29, 1.82) is 0 Å². The van der Waals surface area contributed by atoms with Gasteiger partial charge in [0.05, 0.1) is 6.04 Å². The Bertz CT molecular complexity index is 619. The molecular weight excluding hydrogens is 249 g/mol. The highest BCUT2D eigenvalue weighted by Crippen LogP contribution is 2.35. The first-order valence-electron chi connectivity index (χ1n) is 7.29. The van der Waals surface area contributed by atoms with E-state index in [1.165, 1.54) is 5.56 Å². The third kappa shape index (κ3) is 2.43. The Labute approximate surface area is 119 Å². The summed E-state index contributed by atoms with van der Waals surface area (Å²) in [7, 11) is 0. The van der Waals surface area contributed by atoms with Gasteiger partial charge in [-0.2, -0.15) is 0 Å². The summed E-state index contributed by atoms with van der Waals surface area (Å²) in [5, 5.41) is 3.55. The van der Waals surface area contributed by atoms with Crippen LogP contribution in [-0.4, -0.2) is 0 Å². The maximum absolute atomic E-state index is 13.7. The van der Waals surface area contributed by atoms with Crippen LogP contribution < -0.4 is 5.32 Å². The minimum atomic E-state index is -0.0669. The van der Waals surface area contributed by atoms with Crippen LogP contribution in [0.15, 0.2) is 42.5 Å². The molecule has 20 heavy (non-hydrogen) atoms. The highest BCUT2D eigenvalue weighted by molar-refractivity contribution is 5.50. The van der Waals surface area contributed by atoms with Crippen LogP contribution in [0.3, 0.4) is 0 Å². The van der Waals surface area contributed by atoms with Crippen LogP contribution in [0.2, 0.25) is 0 Å². The van der Waals surface area contributed by atoms with Gasteiger partial charge in [-0.05, 0) is 53.6 Å². The largest absolute Gasteiger partial charge is 0.378 e. The van der Waals surface area contributed by atoms with Crippen molar-refractivity contribution in [2.75, 3.05) is 5.32 Å². The van der Waals surface area contributed by atoms with E-state index < -0.39 is 0 Å². The number of benzene rings is 2. The van der Waals surface area contributed by atoms with Crippen molar-refractivity contribution < 1.29 is 4.39 Å². The molecule has 1 nitrogen and oxygen atoms in total. The second-order valence-corrected chi connectivity index (χ2v) is 5.82. The minimum Gasteiger partial charge on any atom is -0.378 e. The molecule has 1 aliphatic rings. The van der Waals surface area contributed by atoms with Crippen molar-refractivity contribution in [2.24, 2.45) is 0 Å². The molecule has 1 unspecified atom stereocenters. The first-order chi connectivity index (χ1) is 9.65. The van der Waals surface area contributed by atoms with E-state index in [1.54, 1.807) is 12.1 Å². The van der Waals surface area contributed by atoms with E-state index in [-0.39, 0.29) is 11.9 Å². The standard InChI is InChI=1S/C18H20FN/c1-12(2)13-5-3-6-14(11-13)20-18-10-9-15-16(18)7-4-8-17(15)19/h3-8,11-12,18,20H,9-10H2,1-2H3. The Hall–Kier alpha value is -1.83. The Balaban J connectivity index is 1.84. The highest BCUT2D eigenvalue weighted by Gasteiger charge is 2.24. The molecule has 0 saturated heterocycles. The maximum atomic E-state index is 13.7. The smallest absolute Gasteiger partial charge is 0.126 e. The van der Waals surface area contributed by atoms with Crippen LogP contribution in [-0.2, 0) is 6.42 Å². The second kappa shape index (κ2) is 5.28. The van der Waals surface area contributed by atoms with E-state index in [0.29, 0.717) is 5.92 Å². The van der Waals surface area contributed by atoms with E-state index in [0.717, 1.165) is 29.7 Å². The van der Waals surface area contributed by atoms with E-state index >= 15 is 0 Å². The molecule has 0 spiro atoms. The summed E-state index contributed by atoms with van der Waals surface area (Å²) in [4.78, 5) is 0. The first-order valence-corrected chi connectivity index (χ1v) is 7.29. The minimum absolute atomic E-state index is 0.0669. The van der Waals surface area contributed by atoms with Crippen molar-refractivity contribution in [3.8, 4) is 0 Å². The third-order valence-electron chi connectivity index (χ3n) is 4.11. The number of fused-ring (bicyclic) bond motifs is 1. The molecule has 0 fully saturated rings. The topological polar surface area (TPSA) is 12.0 Å². The van der Waals surface area contributed by atoms with Gasteiger partial charge >= 0.3 is 0 Å². The average molecular weight is 269 g/mol. The van der Waals surface area contributed by atoms with Crippen LogP contribution >= 0.6 is 0 Å². The van der Waals surface area contributed by atoms with Gasteiger partial charge in [-0.1, -0.05) is 38.1 Å². The third-order valence-corrected chi connectivity index (χ3v) is 4.11. The quantitative estimate of drug-likeness (QED) is 0.822. The molecule has 0 aromatic heterocycles. The lowest BCUT2D eigenvalue weighted by Gasteiger charge is -2.17. The molecule has 2 heteroatoms. The van der Waals surface area contributed by atoms with Crippen molar-refractivity contribution in [3.63, 3.8) is 0 Å². The zero-order valence-corrected chi connectivity index (χ0v) is 12.0. The molecule has 0 aliphatic heterocycles. The number of halogens is 1. The molecule has 3 rings (SSSR count). The van der Waals surface area contributed by atoms with Gasteiger partial charge < -0.3 is 5.32 Å². The monoisotopic (exact) mass is 269 g/mol. The SMILES string of the molecule is CC(C)c1cccc(NC2CCc3c(F)cccc32)c1. The predicted octanol–water partition coefficient (Wildman–Crippen LogP) is 5.05. The molecule has 1 aliphatic carbocycles. The number of hydrogen-bond acceptors (Lipinski definition) is 1. The fourth-order valence-electron chi connectivity index (χ4n) is 2.95. The number of rotatable bonds is 3. The van der Waals surface area contributed by atoms with E-state index in [1.807, 2.05) is 6.07 Å². The van der Waals surface area contributed by atoms with Crippen LogP contribution in [0.4, 0.5) is 10.1 Å². The van der Waals surface area contributed by atoms with Gasteiger partial charge in [0.1, 0.15) is 5.82 Å². The molecule has 0 saturated carbocycles. The van der Waals surface area contributed by atoms with Crippen LogP contribution in [0.1, 0.15) is 48.9 Å². The van der Waals surface area contributed by atoms with Gasteiger partial charge in [-0.25, -0.2) is 4.39 Å². The Morgan fingerprint density at radius 2 is 1.95 bits per heavy atom. The van der Waals surface area contributed by atoms with E-state index in [2.05, 4.69) is 43.4 Å². The second-order valence-electron chi connectivity index (χ2n) is 5.82. The molecule has 0 amide bonds. The lowest BCUT2D eigenvalue weighted by molar-refractivity contribution is 0.612. The molecule has 0 heterocycles. The molecule has 2 aromatic carbocycles. The lowest BCUT2D eigenvalue weighted by Crippen LogP contribution is -2.07. The van der Waals surface area contributed by atoms with Gasteiger partial charge in [0, 0.05) is 5.69 Å². The highest BCUT2D eigenvalue weighted by atomic mass is 19.1. The van der Waals surface area contributed by atoms with Gasteiger partial charge in [-0.3, -0.25) is 0 Å². The van der Waals surface area contributed by atoms with Gasteiger partial charge in [0.15, 0.2) is 0 Å². The van der Waals surface area contributed by atoms with Crippen LogP contribution in [0, 0.1) is 5.82 Å². The Morgan fingerprint density at radius 1 is 1.15 bits per heavy atom. The first kappa shape index (κ1) is 13.2. The molecule has 0 bridgehead atoms. The summed E-state index contributed by atoms with van der Waals surface area (Å²) in [6.07, 6.45) is 1.78. The van der Waals surface area contributed by atoms with Crippen molar-refractivity contribution >= 4 is 5.69 Å². The Morgan fingerprint density at radius 3 is 2.75 bits per heavy atom. The molecule has 1 N–H and O–H groups in total. The Kier molecular flexibility index (Phi) is 3.47. The summed E-state index contributed by atoms with van der Waals surface area (Å²) in [6, 6.07) is 14.1. The molecule has 2 aromatic rings. The summed E-state index contributed by atoms with van der Waals surface area (Å²) < 4.78 is 13.7. The zero-order chi connectivity index (χ0) is 14.1. The normalized spacial score (nSPS) is 17.3. The summed E-state index contributed by atoms with van der Waals surface area (Å²) >= 11 is 0. The fourth-order valence-corrected chi connectivity index (χ4v) is 2.95. The van der Waals surface area contributed by atoms with E-state index in [4.69, 9.17) is 0 Å². The molecule has 104 valence electrons. The fraction of sp³-hybridized carbons (Fsp3) is 0.333. The van der Waals surface area contributed by atoms with Crippen molar-refractivity contribution in [3.05, 3.63) is 65.0 Å². The number of anilines is 1. The van der Waals surface area contributed by atoms with Gasteiger partial charge in [0.2, 0.25) is 0 Å². The van der Waals surface area contributed by atoms with Crippen molar-refractivity contribution in [2.45, 2.75) is 38.6 Å². The zero-order valence-electron chi connectivity index (χ0n) is 12.0. The molecule has 0 radical (unpaired) electrons. The van der Waals surface area contributed by atoms with Gasteiger partial charge in [0.25, 0.3) is 0 Å². The average Bonchev–Trinajstić information content (AvgIpc) is 2.84. The summed E-state index contributed by atoms with van der Waals surface area (Å²) in [6.45, 7) is 4.39. The maximum Gasteiger partial charge on any atom is 0.126 e. The van der Waals surface area contributed by atoms with Gasteiger partial charge in [-0.15, -0.1) is 0 Å². The molecule has 1 atom stereocenters. The summed E-state index contributed by atoms with van der Waals surface area (Å²) in [5.41, 5.74) is 4.44. The van der Waals surface area contributed by atoms with E-state index in [9.17, 15) is 4.39 Å². The molecular formula is C18H20FN. The predicted molar refractivity (Wildman–Crippen MR) is 81.6 cm³/mol. The number of nitrogens with one attached hydrogen (secondary N) is 1.